The summed E-state index contributed by atoms with van der Waals surface area (Å²) in [6.07, 6.45) is 13.0. The lowest BCUT2D eigenvalue weighted by Gasteiger charge is -2.32. The number of carbonyl (C=O) groups is 2. The van der Waals surface area contributed by atoms with Gasteiger partial charge in [-0.15, -0.1) is 6.58 Å². The first-order valence-electron chi connectivity index (χ1n) is 6.94. The molecule has 0 N–H and O–H groups in total. The lowest BCUT2D eigenvalue weighted by atomic mass is 9.68. The first kappa shape index (κ1) is 14.9. The lowest BCUT2D eigenvalue weighted by Crippen LogP contribution is -2.40. The third kappa shape index (κ3) is 3.66. The number of rotatable bonds is 7. The van der Waals surface area contributed by atoms with Gasteiger partial charge in [0.25, 0.3) is 0 Å². The minimum absolute atomic E-state index is 0.0444. The lowest BCUT2D eigenvalue weighted by molar-refractivity contribution is -0.141. The van der Waals surface area contributed by atoms with Crippen molar-refractivity contribution in [1.29, 1.82) is 0 Å². The molecule has 2 heteroatoms. The molecule has 0 aromatic rings. The smallest absolute Gasteiger partial charge is 0.146 e. The molecular formula is C16H24O2. The van der Waals surface area contributed by atoms with Gasteiger partial charge < -0.3 is 0 Å². The van der Waals surface area contributed by atoms with Crippen molar-refractivity contribution in [3.8, 4) is 0 Å². The molecule has 0 saturated heterocycles. The van der Waals surface area contributed by atoms with Crippen LogP contribution in [0.3, 0.4) is 0 Å². The van der Waals surface area contributed by atoms with E-state index in [1.807, 2.05) is 12.2 Å². The fraction of sp³-hybridized carbons (Fsp3) is 0.625. The zero-order valence-corrected chi connectivity index (χ0v) is 11.4. The summed E-state index contributed by atoms with van der Waals surface area (Å²) >= 11 is 0. The third-order valence-corrected chi connectivity index (χ3v) is 3.88. The number of ketones is 2. The van der Waals surface area contributed by atoms with Crippen LogP contribution in [-0.4, -0.2) is 11.6 Å². The Hall–Kier alpha value is -1.18. The highest BCUT2D eigenvalue weighted by Gasteiger charge is 2.42. The largest absolute Gasteiger partial charge is 0.299 e. The Morgan fingerprint density at radius 2 is 2.11 bits per heavy atom. The summed E-state index contributed by atoms with van der Waals surface area (Å²) in [6.45, 7) is 5.25. The van der Waals surface area contributed by atoms with E-state index in [0.717, 1.165) is 38.5 Å². The maximum absolute atomic E-state index is 12.1. The Labute approximate surface area is 110 Å². The van der Waals surface area contributed by atoms with Crippen molar-refractivity contribution in [3.63, 3.8) is 0 Å². The zero-order valence-electron chi connectivity index (χ0n) is 11.4. The van der Waals surface area contributed by atoms with Crippen LogP contribution >= 0.6 is 0 Å². The summed E-state index contributed by atoms with van der Waals surface area (Å²) < 4.78 is 0. The van der Waals surface area contributed by atoms with E-state index in [4.69, 9.17) is 0 Å². The molecule has 1 unspecified atom stereocenters. The molecule has 0 aromatic heterocycles. The molecule has 1 atom stereocenters. The minimum atomic E-state index is -0.701. The number of hydrogen-bond donors (Lipinski definition) is 0. The van der Waals surface area contributed by atoms with Crippen LogP contribution in [0.4, 0.5) is 0 Å². The summed E-state index contributed by atoms with van der Waals surface area (Å²) in [5.74, 6) is 0.194. The number of carbonyl (C=O) groups excluding carboxylic acids is 2. The summed E-state index contributed by atoms with van der Waals surface area (Å²) in [6, 6.07) is 0. The van der Waals surface area contributed by atoms with Gasteiger partial charge in [-0.3, -0.25) is 9.59 Å². The summed E-state index contributed by atoms with van der Waals surface area (Å²) in [5.41, 5.74) is -0.701. The highest BCUT2D eigenvalue weighted by Crippen LogP contribution is 2.37. The van der Waals surface area contributed by atoms with Crippen molar-refractivity contribution in [2.75, 3.05) is 0 Å². The molecule has 1 saturated carbocycles. The normalized spacial score (nSPS) is 24.4. The molecule has 0 bridgehead atoms. The molecule has 18 heavy (non-hydrogen) atoms. The van der Waals surface area contributed by atoms with Crippen molar-refractivity contribution >= 4 is 11.6 Å². The Kier molecular flexibility index (Phi) is 6.03. The van der Waals surface area contributed by atoms with E-state index in [9.17, 15) is 9.59 Å². The molecule has 1 aliphatic rings. The molecular weight excluding hydrogens is 224 g/mol. The van der Waals surface area contributed by atoms with Gasteiger partial charge in [-0.1, -0.05) is 24.6 Å². The molecule has 0 heterocycles. The van der Waals surface area contributed by atoms with Crippen LogP contribution in [0.15, 0.2) is 24.8 Å². The molecule has 1 fully saturated rings. The van der Waals surface area contributed by atoms with E-state index in [-0.39, 0.29) is 11.6 Å². The second-order valence-corrected chi connectivity index (χ2v) is 5.16. The van der Waals surface area contributed by atoms with E-state index in [1.165, 1.54) is 0 Å². The molecule has 0 amide bonds. The average molecular weight is 248 g/mol. The van der Waals surface area contributed by atoms with Crippen molar-refractivity contribution in [2.24, 2.45) is 5.41 Å². The average Bonchev–Trinajstić information content (AvgIpc) is 2.35. The molecule has 2 nitrogen and oxygen atoms in total. The second-order valence-electron chi connectivity index (χ2n) is 5.16. The van der Waals surface area contributed by atoms with E-state index in [2.05, 4.69) is 12.7 Å². The third-order valence-electron chi connectivity index (χ3n) is 3.88. The maximum Gasteiger partial charge on any atom is 0.146 e. The van der Waals surface area contributed by atoms with Crippen molar-refractivity contribution in [1.82, 2.24) is 0 Å². The van der Waals surface area contributed by atoms with Crippen LogP contribution < -0.4 is 0 Å². The van der Waals surface area contributed by atoms with Crippen LogP contribution in [0.5, 0.6) is 0 Å². The second kappa shape index (κ2) is 7.30. The predicted octanol–water partition coefficient (Wildman–Crippen LogP) is 4.01. The van der Waals surface area contributed by atoms with E-state index >= 15 is 0 Å². The maximum atomic E-state index is 12.1. The summed E-state index contributed by atoms with van der Waals surface area (Å²) in [4.78, 5) is 23.9. The minimum Gasteiger partial charge on any atom is -0.299 e. The fourth-order valence-corrected chi connectivity index (χ4v) is 2.61. The van der Waals surface area contributed by atoms with Crippen LogP contribution in [0.1, 0.15) is 58.3 Å². The van der Waals surface area contributed by atoms with Gasteiger partial charge in [0.15, 0.2) is 0 Å². The number of unbranched alkanes of at least 4 members (excludes halogenated alkanes) is 2. The fourth-order valence-electron chi connectivity index (χ4n) is 2.61. The number of Topliss-reactive ketones (excluding diaryl/α,β-unsaturated/α-hetero) is 2. The molecule has 1 rings (SSSR count). The molecule has 1 aliphatic carbocycles. The molecule has 0 spiro atoms. The van der Waals surface area contributed by atoms with Crippen molar-refractivity contribution in [3.05, 3.63) is 24.8 Å². The van der Waals surface area contributed by atoms with Crippen LogP contribution in [0, 0.1) is 5.41 Å². The van der Waals surface area contributed by atoms with Crippen LogP contribution in [-0.2, 0) is 9.59 Å². The van der Waals surface area contributed by atoms with Gasteiger partial charge in [-0.05, 0) is 45.4 Å². The van der Waals surface area contributed by atoms with Crippen molar-refractivity contribution in [2.45, 2.75) is 58.3 Å². The SMILES string of the molecule is C=CCCC/C=C/CC1(C(C)=O)CCCCC1=O. The molecule has 0 aromatic carbocycles. The number of hydrogen-bond acceptors (Lipinski definition) is 2. The first-order valence-corrected chi connectivity index (χ1v) is 6.94. The van der Waals surface area contributed by atoms with E-state index < -0.39 is 5.41 Å². The van der Waals surface area contributed by atoms with Gasteiger partial charge >= 0.3 is 0 Å². The van der Waals surface area contributed by atoms with Crippen LogP contribution in [0.2, 0.25) is 0 Å². The Morgan fingerprint density at radius 1 is 1.33 bits per heavy atom. The van der Waals surface area contributed by atoms with Gasteiger partial charge in [0, 0.05) is 6.42 Å². The number of allylic oxidation sites excluding steroid dienone is 3. The monoisotopic (exact) mass is 248 g/mol. The van der Waals surface area contributed by atoms with Gasteiger partial charge in [0.05, 0.1) is 5.41 Å². The highest BCUT2D eigenvalue weighted by molar-refractivity contribution is 6.06. The molecule has 100 valence electrons. The van der Waals surface area contributed by atoms with Gasteiger partial charge in [0.1, 0.15) is 11.6 Å². The quantitative estimate of drug-likeness (QED) is 0.387. The topological polar surface area (TPSA) is 34.1 Å². The van der Waals surface area contributed by atoms with E-state index in [0.29, 0.717) is 12.8 Å². The Balaban J connectivity index is 2.55. The summed E-state index contributed by atoms with van der Waals surface area (Å²) in [7, 11) is 0. The molecule has 0 radical (unpaired) electrons. The first-order chi connectivity index (χ1) is 8.63. The highest BCUT2D eigenvalue weighted by atomic mass is 16.2. The summed E-state index contributed by atoms with van der Waals surface area (Å²) in [5, 5.41) is 0. The molecule has 0 aliphatic heterocycles. The van der Waals surface area contributed by atoms with Gasteiger partial charge in [-0.25, -0.2) is 0 Å². The Morgan fingerprint density at radius 3 is 2.72 bits per heavy atom. The van der Waals surface area contributed by atoms with Gasteiger partial charge in [0.2, 0.25) is 0 Å². The van der Waals surface area contributed by atoms with Crippen molar-refractivity contribution < 1.29 is 9.59 Å². The van der Waals surface area contributed by atoms with Crippen LogP contribution in [0.25, 0.3) is 0 Å². The predicted molar refractivity (Wildman–Crippen MR) is 74.4 cm³/mol. The zero-order chi connectivity index (χ0) is 13.4. The van der Waals surface area contributed by atoms with E-state index in [1.54, 1.807) is 6.92 Å². The van der Waals surface area contributed by atoms with Gasteiger partial charge in [-0.2, -0.15) is 0 Å². The standard InChI is InChI=1S/C16H24O2/c1-3-4-5-6-7-9-12-16(14(2)17)13-10-8-11-15(16)18/h3,7,9H,1,4-6,8,10-13H2,2H3/b9-7+. The Bertz CT molecular complexity index is 341.